The number of halogens is 1. The highest BCUT2D eigenvalue weighted by Gasteiger charge is 2.37. The predicted octanol–water partition coefficient (Wildman–Crippen LogP) is 2.81. The maximum Gasteiger partial charge on any atom is 0.226 e. The average molecular weight is 339 g/mol. The molecule has 1 amide bonds. The summed E-state index contributed by atoms with van der Waals surface area (Å²) in [5.41, 5.74) is 7.05. The smallest absolute Gasteiger partial charge is 0.226 e. The molecule has 3 rings (SSSR count). The highest BCUT2D eigenvalue weighted by Crippen LogP contribution is 2.37. The van der Waals surface area contributed by atoms with Gasteiger partial charge in [-0.3, -0.25) is 4.79 Å². The largest absolute Gasteiger partial charge is 0.496 e. The van der Waals surface area contributed by atoms with E-state index < -0.39 is 0 Å². The van der Waals surface area contributed by atoms with Crippen molar-refractivity contribution in [1.82, 2.24) is 4.90 Å². The number of para-hydroxylation sites is 1. The van der Waals surface area contributed by atoms with Crippen LogP contribution >= 0.6 is 12.4 Å². The first-order valence-corrected chi connectivity index (χ1v) is 8.36. The second kappa shape index (κ2) is 8.02. The zero-order chi connectivity index (χ0) is 15.5. The molecule has 1 aliphatic heterocycles. The lowest BCUT2D eigenvalue weighted by atomic mass is 9.94. The Kier molecular flexibility index (Phi) is 6.31. The number of nitrogens with two attached hydrogens (primary N) is 1. The molecule has 1 aromatic rings. The summed E-state index contributed by atoms with van der Waals surface area (Å²) in [7, 11) is 1.71. The number of benzene rings is 1. The van der Waals surface area contributed by atoms with Gasteiger partial charge in [-0.1, -0.05) is 24.6 Å². The van der Waals surface area contributed by atoms with Gasteiger partial charge in [0, 0.05) is 24.9 Å². The molecule has 0 spiro atoms. The quantitative estimate of drug-likeness (QED) is 0.918. The number of ether oxygens (including phenoxy) is 1. The maximum atomic E-state index is 12.8. The van der Waals surface area contributed by atoms with Crippen molar-refractivity contribution >= 4 is 18.3 Å². The van der Waals surface area contributed by atoms with Crippen LogP contribution in [0.1, 0.15) is 37.2 Å². The Balaban J connectivity index is 0.00000192. The second-order valence-corrected chi connectivity index (χ2v) is 6.54. The number of likely N-dealkylation sites (tertiary alicyclic amines) is 1. The van der Waals surface area contributed by atoms with E-state index in [1.165, 1.54) is 5.56 Å². The first-order chi connectivity index (χ1) is 10.7. The minimum absolute atomic E-state index is 0. The lowest BCUT2D eigenvalue weighted by Gasteiger charge is -2.24. The number of carbonyl (C=O) groups excluding carboxylic acids is 1. The Morgan fingerprint density at radius 3 is 2.83 bits per heavy atom. The number of carbonyl (C=O) groups is 1. The molecular formula is C18H27ClN2O2. The molecule has 128 valence electrons. The Morgan fingerprint density at radius 1 is 1.30 bits per heavy atom. The molecule has 0 radical (unpaired) electrons. The van der Waals surface area contributed by atoms with Crippen LogP contribution in [0, 0.1) is 11.8 Å². The number of nitrogens with zero attached hydrogens (tertiary/aromatic N) is 1. The minimum atomic E-state index is 0. The average Bonchev–Trinajstić information content (AvgIpc) is 3.23. The molecule has 23 heavy (non-hydrogen) atoms. The minimum Gasteiger partial charge on any atom is -0.496 e. The van der Waals surface area contributed by atoms with Crippen molar-refractivity contribution < 1.29 is 9.53 Å². The summed E-state index contributed by atoms with van der Waals surface area (Å²) >= 11 is 0. The summed E-state index contributed by atoms with van der Waals surface area (Å²) in [4.78, 5) is 14.8. The zero-order valence-electron chi connectivity index (χ0n) is 13.7. The van der Waals surface area contributed by atoms with E-state index in [0.717, 1.165) is 44.5 Å². The Morgan fingerprint density at radius 2 is 2.09 bits per heavy atom. The number of amides is 1. The summed E-state index contributed by atoms with van der Waals surface area (Å²) in [6.07, 6.45) is 4.28. The van der Waals surface area contributed by atoms with Crippen molar-refractivity contribution in [2.45, 2.75) is 31.6 Å². The Labute approximate surface area is 144 Å². The zero-order valence-corrected chi connectivity index (χ0v) is 14.6. The van der Waals surface area contributed by atoms with Crippen molar-refractivity contribution in [3.05, 3.63) is 29.8 Å². The molecule has 1 heterocycles. The SMILES string of the molecule is COc1ccccc1C1CCN(C(=O)[C@@H]2CCC[C@@H]2CN)C1.Cl. The lowest BCUT2D eigenvalue weighted by molar-refractivity contribution is -0.135. The molecule has 1 aromatic carbocycles. The molecule has 4 nitrogen and oxygen atoms in total. The van der Waals surface area contributed by atoms with Gasteiger partial charge >= 0.3 is 0 Å². The summed E-state index contributed by atoms with van der Waals surface area (Å²) in [6.45, 7) is 2.31. The fourth-order valence-electron chi connectivity index (χ4n) is 4.10. The van der Waals surface area contributed by atoms with Crippen LogP contribution in [0.15, 0.2) is 24.3 Å². The van der Waals surface area contributed by atoms with Gasteiger partial charge in [-0.2, -0.15) is 0 Å². The predicted molar refractivity (Wildman–Crippen MR) is 94.1 cm³/mol. The van der Waals surface area contributed by atoms with Crippen molar-refractivity contribution in [2.75, 3.05) is 26.7 Å². The first-order valence-electron chi connectivity index (χ1n) is 8.36. The van der Waals surface area contributed by atoms with E-state index >= 15 is 0 Å². The molecule has 1 unspecified atom stereocenters. The summed E-state index contributed by atoms with van der Waals surface area (Å²) < 4.78 is 5.47. The van der Waals surface area contributed by atoms with Gasteiger partial charge in [-0.15, -0.1) is 12.4 Å². The fourth-order valence-corrected chi connectivity index (χ4v) is 4.10. The van der Waals surface area contributed by atoms with Crippen LogP contribution in [0.3, 0.4) is 0 Å². The van der Waals surface area contributed by atoms with Crippen LogP contribution < -0.4 is 10.5 Å². The molecule has 1 saturated heterocycles. The van der Waals surface area contributed by atoms with E-state index in [9.17, 15) is 4.79 Å². The molecule has 3 atom stereocenters. The molecule has 0 bridgehead atoms. The van der Waals surface area contributed by atoms with E-state index in [2.05, 4.69) is 11.0 Å². The van der Waals surface area contributed by atoms with Crippen LogP contribution in [0.5, 0.6) is 5.75 Å². The van der Waals surface area contributed by atoms with E-state index in [-0.39, 0.29) is 18.3 Å². The van der Waals surface area contributed by atoms with Crippen molar-refractivity contribution in [3.8, 4) is 5.75 Å². The van der Waals surface area contributed by atoms with Crippen LogP contribution in [0.25, 0.3) is 0 Å². The fraction of sp³-hybridized carbons (Fsp3) is 0.611. The van der Waals surface area contributed by atoms with E-state index in [0.29, 0.717) is 24.3 Å². The molecule has 5 heteroatoms. The summed E-state index contributed by atoms with van der Waals surface area (Å²) in [5, 5.41) is 0. The Bertz CT molecular complexity index is 538. The number of hydrogen-bond donors (Lipinski definition) is 1. The van der Waals surface area contributed by atoms with Gasteiger partial charge in [-0.05, 0) is 43.4 Å². The molecular weight excluding hydrogens is 312 g/mol. The van der Waals surface area contributed by atoms with Crippen molar-refractivity contribution in [3.63, 3.8) is 0 Å². The van der Waals surface area contributed by atoms with E-state index in [1.54, 1.807) is 7.11 Å². The summed E-state index contributed by atoms with van der Waals surface area (Å²) in [5.74, 6) is 2.19. The molecule has 1 aliphatic carbocycles. The molecule has 1 saturated carbocycles. The third-order valence-electron chi connectivity index (χ3n) is 5.36. The monoisotopic (exact) mass is 338 g/mol. The first kappa shape index (κ1) is 18.1. The number of methoxy groups -OCH3 is 1. The van der Waals surface area contributed by atoms with Crippen molar-refractivity contribution in [2.24, 2.45) is 17.6 Å². The normalized spacial score (nSPS) is 26.9. The standard InChI is InChI=1S/C18H26N2O2.ClH/c1-22-17-8-3-2-6-15(17)14-9-10-20(12-14)18(21)16-7-4-5-13(16)11-19;/h2-3,6,8,13-14,16H,4-5,7,9-12,19H2,1H3;1H/t13-,14?,16-;/m1./s1. The Hall–Kier alpha value is -1.26. The molecule has 2 fully saturated rings. The molecule has 2 aliphatic rings. The summed E-state index contributed by atoms with van der Waals surface area (Å²) in [6, 6.07) is 8.16. The van der Waals surface area contributed by atoms with Crippen molar-refractivity contribution in [1.29, 1.82) is 0 Å². The van der Waals surface area contributed by atoms with Crippen LogP contribution in [-0.2, 0) is 4.79 Å². The molecule has 2 N–H and O–H groups in total. The van der Waals surface area contributed by atoms with Gasteiger partial charge in [0.05, 0.1) is 7.11 Å². The van der Waals surface area contributed by atoms with Gasteiger partial charge in [0.2, 0.25) is 5.91 Å². The maximum absolute atomic E-state index is 12.8. The van der Waals surface area contributed by atoms with E-state index in [4.69, 9.17) is 10.5 Å². The van der Waals surface area contributed by atoms with Gasteiger partial charge in [-0.25, -0.2) is 0 Å². The van der Waals surface area contributed by atoms with Gasteiger partial charge in [0.25, 0.3) is 0 Å². The molecule has 0 aromatic heterocycles. The number of rotatable bonds is 4. The van der Waals surface area contributed by atoms with Gasteiger partial charge in [0.1, 0.15) is 5.75 Å². The lowest BCUT2D eigenvalue weighted by Crippen LogP contribution is -2.37. The van der Waals surface area contributed by atoms with Crippen LogP contribution in [0.4, 0.5) is 0 Å². The van der Waals surface area contributed by atoms with E-state index in [1.807, 2.05) is 18.2 Å². The third kappa shape index (κ3) is 3.64. The van der Waals surface area contributed by atoms with Crippen LogP contribution in [0.2, 0.25) is 0 Å². The highest BCUT2D eigenvalue weighted by atomic mass is 35.5. The van der Waals surface area contributed by atoms with Gasteiger partial charge < -0.3 is 15.4 Å². The third-order valence-corrected chi connectivity index (χ3v) is 5.36. The highest BCUT2D eigenvalue weighted by molar-refractivity contribution is 5.85. The number of hydrogen-bond acceptors (Lipinski definition) is 3. The van der Waals surface area contributed by atoms with Crippen LogP contribution in [-0.4, -0.2) is 37.6 Å². The van der Waals surface area contributed by atoms with Gasteiger partial charge in [0.15, 0.2) is 0 Å². The second-order valence-electron chi connectivity index (χ2n) is 6.54. The topological polar surface area (TPSA) is 55.6 Å².